The van der Waals surface area contributed by atoms with Crippen molar-refractivity contribution in [2.24, 2.45) is 0 Å². The zero-order valence-electron chi connectivity index (χ0n) is 13.9. The van der Waals surface area contributed by atoms with E-state index in [1.165, 1.54) is 18.2 Å². The summed E-state index contributed by atoms with van der Waals surface area (Å²) in [7, 11) is 0. The lowest BCUT2D eigenvalue weighted by molar-refractivity contribution is -0.384. The molecule has 142 valence electrons. The Morgan fingerprint density at radius 3 is 2.68 bits per heavy atom. The number of amides is 1. The Morgan fingerprint density at radius 1 is 1.18 bits per heavy atom. The van der Waals surface area contributed by atoms with Gasteiger partial charge >= 0.3 is 0 Å². The van der Waals surface area contributed by atoms with E-state index in [0.29, 0.717) is 11.3 Å². The number of non-ortho nitro benzene ring substituents is 1. The summed E-state index contributed by atoms with van der Waals surface area (Å²) in [5.41, 5.74) is 1.19. The fraction of sp³-hybridized carbons (Fsp3) is 0. The predicted molar refractivity (Wildman–Crippen MR) is 121 cm³/mol. The molecule has 3 aromatic rings. The van der Waals surface area contributed by atoms with Gasteiger partial charge in [0.25, 0.3) is 11.6 Å². The van der Waals surface area contributed by atoms with E-state index in [4.69, 9.17) is 16.6 Å². The number of nitrogens with zero attached hydrogens (tertiary/aromatic N) is 1. The van der Waals surface area contributed by atoms with Crippen molar-refractivity contribution in [3.8, 4) is 11.3 Å². The SMILES string of the molecule is O=C(NC(=S)Nc1ccc(Br)cc1I)c1ccc(-c2cccc([N+](=O)[O-])c2)o1. The number of thiocarbonyl (C=S) groups is 1. The number of nitro benzene ring substituents is 1. The molecule has 0 spiro atoms. The monoisotopic (exact) mass is 571 g/mol. The van der Waals surface area contributed by atoms with Gasteiger partial charge in [-0.2, -0.15) is 0 Å². The van der Waals surface area contributed by atoms with E-state index in [0.717, 1.165) is 13.7 Å². The molecule has 1 amide bonds. The maximum absolute atomic E-state index is 12.4. The highest BCUT2D eigenvalue weighted by Gasteiger charge is 2.15. The Morgan fingerprint density at radius 2 is 1.96 bits per heavy atom. The van der Waals surface area contributed by atoms with Crippen molar-refractivity contribution in [2.75, 3.05) is 5.32 Å². The third kappa shape index (κ3) is 4.94. The second-order valence-electron chi connectivity index (χ2n) is 5.50. The fourth-order valence-electron chi connectivity index (χ4n) is 2.30. The van der Waals surface area contributed by atoms with E-state index in [1.54, 1.807) is 18.2 Å². The van der Waals surface area contributed by atoms with Crippen LogP contribution in [0.5, 0.6) is 0 Å². The zero-order valence-corrected chi connectivity index (χ0v) is 18.5. The number of carbonyl (C=O) groups excluding carboxylic acids is 1. The number of benzene rings is 2. The summed E-state index contributed by atoms with van der Waals surface area (Å²) < 4.78 is 7.38. The second-order valence-corrected chi connectivity index (χ2v) is 7.99. The van der Waals surface area contributed by atoms with Crippen molar-refractivity contribution in [3.05, 3.63) is 78.5 Å². The minimum Gasteiger partial charge on any atom is -0.451 e. The van der Waals surface area contributed by atoms with E-state index >= 15 is 0 Å². The average Bonchev–Trinajstić information content (AvgIpc) is 3.14. The van der Waals surface area contributed by atoms with Gasteiger partial charge in [0.15, 0.2) is 10.9 Å². The van der Waals surface area contributed by atoms with Gasteiger partial charge in [-0.1, -0.05) is 28.1 Å². The molecule has 2 N–H and O–H groups in total. The summed E-state index contributed by atoms with van der Waals surface area (Å²) >= 11 is 10.7. The number of nitro groups is 1. The molecular formula is C18H11BrIN3O4S. The van der Waals surface area contributed by atoms with E-state index in [1.807, 2.05) is 18.2 Å². The maximum Gasteiger partial charge on any atom is 0.293 e. The van der Waals surface area contributed by atoms with E-state index in [-0.39, 0.29) is 16.6 Å². The van der Waals surface area contributed by atoms with Crippen LogP contribution < -0.4 is 10.6 Å². The first kappa shape index (κ1) is 20.4. The molecule has 28 heavy (non-hydrogen) atoms. The Balaban J connectivity index is 1.69. The lowest BCUT2D eigenvalue weighted by Crippen LogP contribution is -2.34. The molecule has 0 aliphatic rings. The first-order valence-electron chi connectivity index (χ1n) is 7.75. The molecule has 0 saturated carbocycles. The van der Waals surface area contributed by atoms with Crippen LogP contribution in [0.2, 0.25) is 0 Å². The van der Waals surface area contributed by atoms with Gasteiger partial charge in [-0.25, -0.2) is 0 Å². The third-order valence-electron chi connectivity index (χ3n) is 3.58. The molecule has 0 unspecified atom stereocenters. The summed E-state index contributed by atoms with van der Waals surface area (Å²) in [6.07, 6.45) is 0. The highest BCUT2D eigenvalue weighted by molar-refractivity contribution is 14.1. The molecule has 7 nitrogen and oxygen atoms in total. The molecule has 3 rings (SSSR count). The highest BCUT2D eigenvalue weighted by Crippen LogP contribution is 2.26. The fourth-order valence-corrected chi connectivity index (χ4v) is 3.94. The Hall–Kier alpha value is -2.31. The molecule has 0 saturated heterocycles. The molecule has 2 aromatic carbocycles. The van der Waals surface area contributed by atoms with Gasteiger partial charge in [-0.15, -0.1) is 0 Å². The Kier molecular flexibility index (Phi) is 6.42. The number of rotatable bonds is 4. The molecule has 0 bridgehead atoms. The van der Waals surface area contributed by atoms with Gasteiger partial charge < -0.3 is 9.73 Å². The van der Waals surface area contributed by atoms with Crippen LogP contribution in [0.4, 0.5) is 11.4 Å². The van der Waals surface area contributed by atoms with Crippen molar-refractivity contribution < 1.29 is 14.1 Å². The number of halogens is 2. The number of carbonyl (C=O) groups is 1. The smallest absolute Gasteiger partial charge is 0.293 e. The van der Waals surface area contributed by atoms with Crippen LogP contribution in [0.1, 0.15) is 10.6 Å². The van der Waals surface area contributed by atoms with Crippen molar-refractivity contribution in [1.82, 2.24) is 5.32 Å². The molecular weight excluding hydrogens is 561 g/mol. The first-order valence-corrected chi connectivity index (χ1v) is 10.0. The second kappa shape index (κ2) is 8.80. The first-order chi connectivity index (χ1) is 13.3. The Bertz CT molecular complexity index is 1090. The molecule has 1 aromatic heterocycles. The quantitative estimate of drug-likeness (QED) is 0.190. The summed E-state index contributed by atoms with van der Waals surface area (Å²) in [5.74, 6) is -0.146. The van der Waals surface area contributed by atoms with E-state index in [2.05, 4.69) is 49.2 Å². The van der Waals surface area contributed by atoms with Crippen LogP contribution in [0.15, 0.2) is 63.5 Å². The predicted octanol–water partition coefficient (Wildman–Crippen LogP) is 5.35. The number of furan rings is 1. The van der Waals surface area contributed by atoms with Gasteiger partial charge in [0.05, 0.1) is 10.6 Å². The van der Waals surface area contributed by atoms with Gasteiger partial charge in [-0.05, 0) is 65.1 Å². The molecule has 0 aliphatic carbocycles. The molecule has 0 fully saturated rings. The van der Waals surface area contributed by atoms with Crippen molar-refractivity contribution in [3.63, 3.8) is 0 Å². The van der Waals surface area contributed by atoms with Crippen LogP contribution in [0, 0.1) is 13.7 Å². The van der Waals surface area contributed by atoms with Gasteiger partial charge in [-0.3, -0.25) is 20.2 Å². The number of nitrogens with one attached hydrogen (secondary N) is 2. The lowest BCUT2D eigenvalue weighted by Gasteiger charge is -2.10. The van der Waals surface area contributed by atoms with E-state index in [9.17, 15) is 14.9 Å². The lowest BCUT2D eigenvalue weighted by atomic mass is 10.1. The largest absolute Gasteiger partial charge is 0.451 e. The number of hydrogen-bond acceptors (Lipinski definition) is 5. The van der Waals surface area contributed by atoms with Gasteiger partial charge in [0.2, 0.25) is 0 Å². The minimum absolute atomic E-state index is 0.0381. The minimum atomic E-state index is -0.527. The molecule has 0 aliphatic heterocycles. The maximum atomic E-state index is 12.4. The zero-order chi connectivity index (χ0) is 20.3. The summed E-state index contributed by atoms with van der Waals surface area (Å²) in [6.45, 7) is 0. The third-order valence-corrected chi connectivity index (χ3v) is 5.17. The van der Waals surface area contributed by atoms with Crippen molar-refractivity contribution in [2.45, 2.75) is 0 Å². The average molecular weight is 572 g/mol. The van der Waals surface area contributed by atoms with Gasteiger partial charge in [0, 0.05) is 25.7 Å². The summed E-state index contributed by atoms with van der Waals surface area (Å²) in [6, 6.07) is 14.6. The number of hydrogen-bond donors (Lipinski definition) is 2. The normalized spacial score (nSPS) is 10.4. The number of anilines is 1. The van der Waals surface area contributed by atoms with Crippen LogP contribution >= 0.6 is 50.7 Å². The van der Waals surface area contributed by atoms with Crippen LogP contribution in [0.3, 0.4) is 0 Å². The molecule has 0 atom stereocenters. The molecule has 0 radical (unpaired) electrons. The summed E-state index contributed by atoms with van der Waals surface area (Å²) in [5, 5.41) is 16.5. The van der Waals surface area contributed by atoms with Crippen LogP contribution in [0.25, 0.3) is 11.3 Å². The highest BCUT2D eigenvalue weighted by atomic mass is 127. The molecule has 10 heteroatoms. The van der Waals surface area contributed by atoms with Gasteiger partial charge in [0.1, 0.15) is 5.76 Å². The van der Waals surface area contributed by atoms with E-state index < -0.39 is 10.8 Å². The van der Waals surface area contributed by atoms with Crippen molar-refractivity contribution >= 4 is 73.1 Å². The van der Waals surface area contributed by atoms with Crippen LogP contribution in [-0.2, 0) is 0 Å². The standard InChI is InChI=1S/C18H11BrIN3O4S/c19-11-4-5-14(13(20)9-11)21-18(28)22-17(24)16-7-6-15(27-16)10-2-1-3-12(8-10)23(25)26/h1-9H,(H2,21,22,24,28). The Labute approximate surface area is 186 Å². The molecule has 1 heterocycles. The van der Waals surface area contributed by atoms with Crippen molar-refractivity contribution in [1.29, 1.82) is 0 Å². The summed E-state index contributed by atoms with van der Waals surface area (Å²) in [4.78, 5) is 22.8. The van der Waals surface area contributed by atoms with Crippen LogP contribution in [-0.4, -0.2) is 15.9 Å². The topological polar surface area (TPSA) is 97.4 Å².